The molecule has 1 fully saturated rings. The average molecular weight is 424 g/mol. The number of esters is 1. The van der Waals surface area contributed by atoms with Crippen molar-refractivity contribution in [3.05, 3.63) is 71.8 Å². The maximum atomic E-state index is 13.8. The first-order valence-corrected chi connectivity index (χ1v) is 9.84. The van der Waals surface area contributed by atoms with Gasteiger partial charge in [0.25, 0.3) is 5.91 Å². The molecule has 160 valence electrons. The number of piperazine rings is 1. The van der Waals surface area contributed by atoms with E-state index in [0.29, 0.717) is 49.5 Å². The summed E-state index contributed by atoms with van der Waals surface area (Å²) in [4.78, 5) is 28.5. The third-order valence-electron chi connectivity index (χ3n) is 5.10. The Kier molecular flexibility index (Phi) is 6.27. The number of benzene rings is 2. The van der Waals surface area contributed by atoms with Crippen molar-refractivity contribution in [2.45, 2.75) is 6.54 Å². The monoisotopic (exact) mass is 424 g/mol. The highest BCUT2D eigenvalue weighted by Crippen LogP contribution is 2.13. The molecule has 2 aromatic carbocycles. The van der Waals surface area contributed by atoms with Crippen LogP contribution in [0, 0.1) is 5.82 Å². The van der Waals surface area contributed by atoms with Gasteiger partial charge >= 0.3 is 5.97 Å². The quantitative estimate of drug-likeness (QED) is 0.551. The molecule has 0 unspecified atom stereocenters. The van der Waals surface area contributed by atoms with Gasteiger partial charge in [0.15, 0.2) is 6.61 Å². The summed E-state index contributed by atoms with van der Waals surface area (Å²) in [5.41, 5.74) is 1.55. The third kappa shape index (κ3) is 5.10. The first-order valence-electron chi connectivity index (χ1n) is 9.84. The maximum Gasteiger partial charge on any atom is 0.338 e. The van der Waals surface area contributed by atoms with Crippen LogP contribution in [0.5, 0.6) is 0 Å². The predicted octanol–water partition coefficient (Wildman–Crippen LogP) is 1.30. The van der Waals surface area contributed by atoms with Gasteiger partial charge in [-0.2, -0.15) is 0 Å². The molecular weight excluding hydrogens is 403 g/mol. The minimum absolute atomic E-state index is 0.225. The highest BCUT2D eigenvalue weighted by molar-refractivity contribution is 5.91. The number of amides is 1. The molecule has 3 aromatic rings. The zero-order valence-corrected chi connectivity index (χ0v) is 16.7. The lowest BCUT2D eigenvalue weighted by molar-refractivity contribution is -0.136. The molecule has 4 rings (SSSR count). The van der Waals surface area contributed by atoms with E-state index in [0.717, 1.165) is 0 Å². The van der Waals surface area contributed by atoms with Crippen molar-refractivity contribution in [2.24, 2.45) is 0 Å². The third-order valence-corrected chi connectivity index (χ3v) is 5.10. The van der Waals surface area contributed by atoms with Gasteiger partial charge in [-0.05, 0) is 34.7 Å². The van der Waals surface area contributed by atoms with E-state index in [-0.39, 0.29) is 18.3 Å². The highest BCUT2D eigenvalue weighted by Gasteiger charge is 2.23. The van der Waals surface area contributed by atoms with Crippen LogP contribution in [0.25, 0.3) is 5.69 Å². The van der Waals surface area contributed by atoms with Crippen LogP contribution < -0.4 is 0 Å². The summed E-state index contributed by atoms with van der Waals surface area (Å²) < 4.78 is 20.4. The molecule has 1 aliphatic rings. The molecule has 1 aliphatic heterocycles. The van der Waals surface area contributed by atoms with Gasteiger partial charge in [-0.3, -0.25) is 9.69 Å². The van der Waals surface area contributed by atoms with E-state index in [1.807, 2.05) is 6.07 Å². The molecule has 2 heterocycles. The Morgan fingerprint density at radius 2 is 1.84 bits per heavy atom. The lowest BCUT2D eigenvalue weighted by Gasteiger charge is -2.34. The van der Waals surface area contributed by atoms with Crippen LogP contribution in [-0.2, 0) is 16.1 Å². The molecule has 1 aromatic heterocycles. The van der Waals surface area contributed by atoms with Gasteiger partial charge in [0.1, 0.15) is 12.1 Å². The van der Waals surface area contributed by atoms with Crippen molar-refractivity contribution in [3.63, 3.8) is 0 Å². The van der Waals surface area contributed by atoms with Crippen LogP contribution in [0.1, 0.15) is 15.9 Å². The van der Waals surface area contributed by atoms with E-state index in [4.69, 9.17) is 4.74 Å². The summed E-state index contributed by atoms with van der Waals surface area (Å²) in [5, 5.41) is 10.9. The molecule has 0 spiro atoms. The van der Waals surface area contributed by atoms with Gasteiger partial charge in [-0.25, -0.2) is 13.9 Å². The largest absolute Gasteiger partial charge is 0.452 e. The fourth-order valence-corrected chi connectivity index (χ4v) is 3.38. The van der Waals surface area contributed by atoms with E-state index in [9.17, 15) is 14.0 Å². The summed E-state index contributed by atoms with van der Waals surface area (Å²) in [7, 11) is 0. The van der Waals surface area contributed by atoms with Crippen molar-refractivity contribution in [1.29, 1.82) is 0 Å². The van der Waals surface area contributed by atoms with E-state index in [2.05, 4.69) is 20.4 Å². The number of hydrogen-bond donors (Lipinski definition) is 0. The van der Waals surface area contributed by atoms with Crippen LogP contribution in [0.2, 0.25) is 0 Å². The number of aromatic nitrogens is 4. The topological polar surface area (TPSA) is 93.5 Å². The van der Waals surface area contributed by atoms with Crippen molar-refractivity contribution >= 4 is 11.9 Å². The molecule has 31 heavy (non-hydrogen) atoms. The molecule has 0 radical (unpaired) electrons. The normalized spacial score (nSPS) is 14.4. The van der Waals surface area contributed by atoms with Crippen molar-refractivity contribution in [1.82, 2.24) is 30.0 Å². The molecule has 0 N–H and O–H groups in total. The Labute approximate surface area is 178 Å². The molecular formula is C21H21FN6O3. The van der Waals surface area contributed by atoms with Crippen molar-refractivity contribution < 1.29 is 18.7 Å². The van der Waals surface area contributed by atoms with Crippen LogP contribution in [0.15, 0.2) is 54.9 Å². The second kappa shape index (κ2) is 9.43. The Morgan fingerprint density at radius 1 is 1.03 bits per heavy atom. The van der Waals surface area contributed by atoms with Gasteiger partial charge in [0.05, 0.1) is 11.3 Å². The van der Waals surface area contributed by atoms with Crippen molar-refractivity contribution in [3.8, 4) is 5.69 Å². The Balaban J connectivity index is 1.25. The SMILES string of the molecule is O=C(OCC(=O)N1CCN(Cc2ccccc2F)CC1)c1cccc(-n2cnnn2)c1. The van der Waals surface area contributed by atoms with Crippen LogP contribution >= 0.6 is 0 Å². The molecule has 0 atom stereocenters. The number of carbonyl (C=O) groups excluding carboxylic acids is 2. The minimum atomic E-state index is -0.596. The molecule has 1 saturated heterocycles. The standard InChI is InChI=1S/C21H21FN6O3/c22-19-7-2-1-4-17(19)13-26-8-10-27(11-9-26)20(29)14-31-21(30)16-5-3-6-18(12-16)28-15-23-24-25-28/h1-7,12,15H,8-11,13-14H2. The molecule has 0 saturated carbocycles. The van der Waals surface area contributed by atoms with Gasteiger partial charge in [0.2, 0.25) is 0 Å². The number of ether oxygens (including phenoxy) is 1. The zero-order valence-electron chi connectivity index (χ0n) is 16.7. The zero-order chi connectivity index (χ0) is 21.6. The molecule has 0 aliphatic carbocycles. The Bertz CT molecular complexity index is 1050. The van der Waals surface area contributed by atoms with Gasteiger partial charge < -0.3 is 9.64 Å². The lowest BCUT2D eigenvalue weighted by atomic mass is 10.2. The number of nitrogens with zero attached hydrogens (tertiary/aromatic N) is 6. The number of tetrazole rings is 1. The average Bonchev–Trinajstić information content (AvgIpc) is 3.34. The van der Waals surface area contributed by atoms with Crippen molar-refractivity contribution in [2.75, 3.05) is 32.8 Å². The second-order valence-electron chi connectivity index (χ2n) is 7.13. The fraction of sp³-hybridized carbons (Fsp3) is 0.286. The first kappa shape index (κ1) is 20.6. The Morgan fingerprint density at radius 3 is 2.58 bits per heavy atom. The Hall–Kier alpha value is -3.66. The first-order chi connectivity index (χ1) is 15.1. The van der Waals surface area contributed by atoms with Crippen LogP contribution in [0.4, 0.5) is 4.39 Å². The van der Waals surface area contributed by atoms with Crippen LogP contribution in [-0.4, -0.2) is 74.7 Å². The summed E-state index contributed by atoms with van der Waals surface area (Å²) in [6, 6.07) is 13.3. The van der Waals surface area contributed by atoms with E-state index < -0.39 is 5.97 Å². The number of rotatable bonds is 6. The molecule has 10 heteroatoms. The fourth-order valence-electron chi connectivity index (χ4n) is 3.38. The van der Waals surface area contributed by atoms with E-state index >= 15 is 0 Å². The number of carbonyl (C=O) groups is 2. The smallest absolute Gasteiger partial charge is 0.338 e. The summed E-state index contributed by atoms with van der Waals surface area (Å²) in [6.07, 6.45) is 1.42. The number of hydrogen-bond acceptors (Lipinski definition) is 7. The summed E-state index contributed by atoms with van der Waals surface area (Å²) >= 11 is 0. The second-order valence-corrected chi connectivity index (χ2v) is 7.13. The van der Waals surface area contributed by atoms with Gasteiger partial charge in [0, 0.05) is 38.3 Å². The maximum absolute atomic E-state index is 13.8. The van der Waals surface area contributed by atoms with Gasteiger partial charge in [-0.1, -0.05) is 24.3 Å². The molecule has 0 bridgehead atoms. The van der Waals surface area contributed by atoms with E-state index in [1.165, 1.54) is 17.1 Å². The van der Waals surface area contributed by atoms with Crippen LogP contribution in [0.3, 0.4) is 0 Å². The van der Waals surface area contributed by atoms with Gasteiger partial charge in [-0.15, -0.1) is 5.10 Å². The highest BCUT2D eigenvalue weighted by atomic mass is 19.1. The predicted molar refractivity (Wildman–Crippen MR) is 108 cm³/mol. The summed E-state index contributed by atoms with van der Waals surface area (Å²) in [5.74, 6) is -1.07. The summed E-state index contributed by atoms with van der Waals surface area (Å²) in [6.45, 7) is 2.42. The lowest BCUT2D eigenvalue weighted by Crippen LogP contribution is -2.49. The number of halogens is 1. The molecule has 9 nitrogen and oxygen atoms in total. The molecule has 1 amide bonds. The van der Waals surface area contributed by atoms with E-state index in [1.54, 1.807) is 41.3 Å². The minimum Gasteiger partial charge on any atom is -0.452 e.